The van der Waals surface area contributed by atoms with Gasteiger partial charge in [-0.15, -0.1) is 23.1 Å². The van der Waals surface area contributed by atoms with Gasteiger partial charge in [0.15, 0.2) is 0 Å². The lowest BCUT2D eigenvalue weighted by Gasteiger charge is -2.16. The quantitative estimate of drug-likeness (QED) is 0.506. The molecule has 0 aliphatic carbocycles. The zero-order valence-corrected chi connectivity index (χ0v) is 16.2. The molecule has 2 aromatic carbocycles. The number of thiophene rings is 1. The van der Waals surface area contributed by atoms with Crippen molar-refractivity contribution in [2.45, 2.75) is 10.6 Å². The molecular weight excluding hydrogens is 402 g/mol. The van der Waals surface area contributed by atoms with Gasteiger partial charge >= 0.3 is 0 Å². The first-order chi connectivity index (χ1) is 11.6. The number of carbonyl (C=O) groups excluding carboxylic acids is 1. The molecule has 3 aromatic rings. The van der Waals surface area contributed by atoms with Gasteiger partial charge in [-0.3, -0.25) is 4.79 Å². The van der Waals surface area contributed by atoms with E-state index in [0.29, 0.717) is 0 Å². The summed E-state index contributed by atoms with van der Waals surface area (Å²) in [5.41, 5.74) is 3.40. The molecule has 120 valence electrons. The molecule has 0 bridgehead atoms. The SMILES string of the molecule is CN(C(=O)c1cc2c(s1)-c1ccccc1SC2)c1ccc(Br)cc1. The van der Waals surface area contributed by atoms with Crippen molar-refractivity contribution in [2.24, 2.45) is 0 Å². The summed E-state index contributed by atoms with van der Waals surface area (Å²) in [7, 11) is 1.83. The summed E-state index contributed by atoms with van der Waals surface area (Å²) < 4.78 is 1.01. The van der Waals surface area contributed by atoms with Crippen LogP contribution >= 0.6 is 39.0 Å². The average Bonchev–Trinajstić information content (AvgIpc) is 3.06. The number of anilines is 1. The van der Waals surface area contributed by atoms with E-state index in [1.54, 1.807) is 16.2 Å². The third-order valence-electron chi connectivity index (χ3n) is 4.05. The van der Waals surface area contributed by atoms with Crippen LogP contribution < -0.4 is 4.90 Å². The Morgan fingerprint density at radius 2 is 1.88 bits per heavy atom. The molecule has 1 aliphatic rings. The van der Waals surface area contributed by atoms with Crippen LogP contribution in [0.5, 0.6) is 0 Å². The number of benzene rings is 2. The summed E-state index contributed by atoms with van der Waals surface area (Å²) in [4.78, 5) is 17.9. The molecule has 0 saturated heterocycles. The smallest absolute Gasteiger partial charge is 0.268 e. The van der Waals surface area contributed by atoms with Gasteiger partial charge < -0.3 is 4.90 Å². The first-order valence-electron chi connectivity index (χ1n) is 7.52. The number of hydrogen-bond acceptors (Lipinski definition) is 3. The van der Waals surface area contributed by atoms with Crippen molar-refractivity contribution in [3.63, 3.8) is 0 Å². The molecule has 0 saturated carbocycles. The third-order valence-corrected chi connectivity index (χ3v) is 6.90. The second-order valence-corrected chi connectivity index (χ2v) is 8.58. The van der Waals surface area contributed by atoms with Crippen LogP contribution in [0.15, 0.2) is 64.0 Å². The molecule has 0 atom stereocenters. The van der Waals surface area contributed by atoms with E-state index in [4.69, 9.17) is 0 Å². The third kappa shape index (κ3) is 2.81. The fourth-order valence-electron chi connectivity index (χ4n) is 2.75. The molecular formula is C19H14BrNOS2. The molecule has 0 fully saturated rings. The van der Waals surface area contributed by atoms with Crippen LogP contribution in [0, 0.1) is 0 Å². The van der Waals surface area contributed by atoms with Crippen LogP contribution in [0.2, 0.25) is 0 Å². The molecule has 0 unspecified atom stereocenters. The fourth-order valence-corrected chi connectivity index (χ4v) is 5.41. The Labute approximate surface area is 157 Å². The van der Waals surface area contributed by atoms with Crippen LogP contribution in [-0.2, 0) is 5.75 Å². The maximum atomic E-state index is 12.9. The van der Waals surface area contributed by atoms with Gasteiger partial charge in [0, 0.05) is 38.3 Å². The number of nitrogens with zero attached hydrogens (tertiary/aromatic N) is 1. The highest BCUT2D eigenvalue weighted by atomic mass is 79.9. The predicted molar refractivity (Wildman–Crippen MR) is 106 cm³/mol. The second kappa shape index (κ2) is 6.39. The molecule has 0 spiro atoms. The highest BCUT2D eigenvalue weighted by molar-refractivity contribution is 9.10. The number of fused-ring (bicyclic) bond motifs is 3. The van der Waals surface area contributed by atoms with Crippen molar-refractivity contribution in [2.75, 3.05) is 11.9 Å². The Kier molecular flexibility index (Phi) is 4.24. The highest BCUT2D eigenvalue weighted by Crippen LogP contribution is 2.45. The van der Waals surface area contributed by atoms with Crippen molar-refractivity contribution in [1.29, 1.82) is 0 Å². The number of carbonyl (C=O) groups is 1. The van der Waals surface area contributed by atoms with Crippen molar-refractivity contribution >= 4 is 50.6 Å². The Balaban J connectivity index is 1.68. The summed E-state index contributed by atoms with van der Waals surface area (Å²) in [6, 6.07) is 18.3. The van der Waals surface area contributed by atoms with E-state index in [2.05, 4.69) is 46.3 Å². The van der Waals surface area contributed by atoms with E-state index in [1.807, 2.05) is 43.1 Å². The summed E-state index contributed by atoms with van der Waals surface area (Å²) in [5.74, 6) is 0.970. The first-order valence-corrected chi connectivity index (χ1v) is 10.1. The molecule has 0 N–H and O–H groups in total. The van der Waals surface area contributed by atoms with Crippen LogP contribution in [-0.4, -0.2) is 13.0 Å². The lowest BCUT2D eigenvalue weighted by molar-refractivity contribution is 0.0997. The van der Waals surface area contributed by atoms with Gasteiger partial charge in [-0.25, -0.2) is 0 Å². The number of amides is 1. The second-order valence-electron chi connectivity index (χ2n) is 5.59. The maximum Gasteiger partial charge on any atom is 0.268 e. The monoisotopic (exact) mass is 415 g/mol. The molecule has 1 aromatic heterocycles. The topological polar surface area (TPSA) is 20.3 Å². The minimum Gasteiger partial charge on any atom is -0.311 e. The van der Waals surface area contributed by atoms with E-state index < -0.39 is 0 Å². The normalized spacial score (nSPS) is 12.4. The van der Waals surface area contributed by atoms with Gasteiger partial charge in [-0.2, -0.15) is 0 Å². The minimum atomic E-state index is 0.0409. The number of thioether (sulfide) groups is 1. The maximum absolute atomic E-state index is 12.9. The van der Waals surface area contributed by atoms with E-state index >= 15 is 0 Å². The van der Waals surface area contributed by atoms with Gasteiger partial charge in [0.1, 0.15) is 0 Å². The summed E-state index contributed by atoms with van der Waals surface area (Å²) in [6.07, 6.45) is 0. The standard InChI is InChI=1S/C19H14BrNOS2/c1-21(14-8-6-13(20)7-9-14)19(22)17-10-12-11-23-16-5-3-2-4-15(16)18(12)24-17/h2-10H,11H2,1H3. The largest absolute Gasteiger partial charge is 0.311 e. The van der Waals surface area contributed by atoms with E-state index in [-0.39, 0.29) is 5.91 Å². The summed E-state index contributed by atoms with van der Waals surface area (Å²) in [5, 5.41) is 0. The summed E-state index contributed by atoms with van der Waals surface area (Å²) in [6.45, 7) is 0. The van der Waals surface area contributed by atoms with Crippen molar-refractivity contribution in [3.8, 4) is 10.4 Å². The van der Waals surface area contributed by atoms with Crippen molar-refractivity contribution in [3.05, 3.63) is 69.5 Å². The van der Waals surface area contributed by atoms with Gasteiger partial charge in [-0.1, -0.05) is 34.1 Å². The average molecular weight is 416 g/mol. The first kappa shape index (κ1) is 15.9. The Morgan fingerprint density at radius 3 is 2.67 bits per heavy atom. The molecule has 0 radical (unpaired) electrons. The molecule has 1 amide bonds. The lowest BCUT2D eigenvalue weighted by Crippen LogP contribution is -2.25. The number of rotatable bonds is 2. The van der Waals surface area contributed by atoms with E-state index in [0.717, 1.165) is 20.8 Å². The fraction of sp³-hybridized carbons (Fsp3) is 0.105. The van der Waals surface area contributed by atoms with Crippen LogP contribution in [0.3, 0.4) is 0 Å². The van der Waals surface area contributed by atoms with Crippen LogP contribution in [0.1, 0.15) is 15.2 Å². The number of hydrogen-bond donors (Lipinski definition) is 0. The zero-order chi connectivity index (χ0) is 16.7. The van der Waals surface area contributed by atoms with Gasteiger partial charge in [0.25, 0.3) is 5.91 Å². The van der Waals surface area contributed by atoms with Crippen molar-refractivity contribution < 1.29 is 4.79 Å². The highest BCUT2D eigenvalue weighted by Gasteiger charge is 2.23. The predicted octanol–water partition coefficient (Wildman–Crippen LogP) is 6.06. The molecule has 1 aliphatic heterocycles. The summed E-state index contributed by atoms with van der Waals surface area (Å²) >= 11 is 6.86. The molecule has 5 heteroatoms. The Morgan fingerprint density at radius 1 is 1.12 bits per heavy atom. The van der Waals surface area contributed by atoms with Gasteiger partial charge in [0.2, 0.25) is 0 Å². The minimum absolute atomic E-state index is 0.0409. The van der Waals surface area contributed by atoms with Gasteiger partial charge in [0.05, 0.1) is 4.88 Å². The Bertz CT molecular complexity index is 917. The molecule has 4 rings (SSSR count). The van der Waals surface area contributed by atoms with Crippen LogP contribution in [0.25, 0.3) is 10.4 Å². The van der Waals surface area contributed by atoms with Crippen LogP contribution in [0.4, 0.5) is 5.69 Å². The number of halogens is 1. The lowest BCUT2D eigenvalue weighted by atomic mass is 10.1. The van der Waals surface area contributed by atoms with E-state index in [1.165, 1.54) is 20.9 Å². The van der Waals surface area contributed by atoms with Crippen molar-refractivity contribution in [1.82, 2.24) is 0 Å². The molecule has 2 nitrogen and oxygen atoms in total. The zero-order valence-electron chi connectivity index (χ0n) is 13.0. The van der Waals surface area contributed by atoms with Gasteiger partial charge in [-0.05, 0) is 42.0 Å². The Hall–Kier alpha value is -1.56. The molecule has 2 heterocycles. The van der Waals surface area contributed by atoms with E-state index in [9.17, 15) is 4.79 Å². The molecule has 24 heavy (non-hydrogen) atoms.